The van der Waals surface area contributed by atoms with Crippen LogP contribution in [0.25, 0.3) is 0 Å². The zero-order valence-corrected chi connectivity index (χ0v) is 20.6. The minimum atomic E-state index is -0.795. The molecule has 34 heavy (non-hydrogen) atoms. The Labute approximate surface area is 202 Å². The van der Waals surface area contributed by atoms with Crippen LogP contribution in [-0.2, 0) is 16.0 Å². The molecule has 3 rings (SSSR count). The number of amides is 1. The van der Waals surface area contributed by atoms with E-state index in [0.29, 0.717) is 31.6 Å². The van der Waals surface area contributed by atoms with Crippen molar-refractivity contribution in [1.29, 1.82) is 0 Å². The second-order valence-corrected chi connectivity index (χ2v) is 9.66. The van der Waals surface area contributed by atoms with Gasteiger partial charge in [-0.25, -0.2) is 0 Å². The van der Waals surface area contributed by atoms with Gasteiger partial charge in [-0.05, 0) is 42.2 Å². The SMILES string of the molecule is COCCNc1ccc2c(c1)[C@@H](NC[C@@H](O)C(Cc1ccccc1)NC(C)=O)CC(C)(C)C2=O. The average molecular weight is 468 g/mol. The van der Waals surface area contributed by atoms with Crippen molar-refractivity contribution in [2.75, 3.05) is 32.1 Å². The van der Waals surface area contributed by atoms with Gasteiger partial charge in [0.1, 0.15) is 0 Å². The van der Waals surface area contributed by atoms with Gasteiger partial charge in [-0.1, -0.05) is 44.2 Å². The van der Waals surface area contributed by atoms with Crippen molar-refractivity contribution in [2.45, 2.75) is 51.8 Å². The fourth-order valence-electron chi connectivity index (χ4n) is 4.54. The highest BCUT2D eigenvalue weighted by Crippen LogP contribution is 2.41. The number of hydrogen-bond acceptors (Lipinski definition) is 6. The van der Waals surface area contributed by atoms with Crippen LogP contribution in [0.5, 0.6) is 0 Å². The number of ether oxygens (including phenoxy) is 1. The highest BCUT2D eigenvalue weighted by molar-refractivity contribution is 6.03. The lowest BCUT2D eigenvalue weighted by Crippen LogP contribution is -2.49. The molecule has 3 atom stereocenters. The molecule has 0 bridgehead atoms. The Bertz CT molecular complexity index is 977. The quantitative estimate of drug-likeness (QED) is 0.379. The standard InChI is InChI=1S/C27H37N3O4/c1-18(31)30-23(14-19-8-6-5-7-9-19)25(32)17-29-24-16-27(2,3)26(33)21-11-10-20(15-22(21)24)28-12-13-34-4/h5-11,15,23-25,28-29,32H,12-14,16-17H2,1-4H3,(H,30,31)/t23?,24-,25+/m0/s1. The predicted octanol–water partition coefficient (Wildman–Crippen LogP) is 3.10. The van der Waals surface area contributed by atoms with Gasteiger partial charge in [-0.15, -0.1) is 0 Å². The average Bonchev–Trinajstić information content (AvgIpc) is 2.80. The topological polar surface area (TPSA) is 99.7 Å². The third kappa shape index (κ3) is 6.65. The summed E-state index contributed by atoms with van der Waals surface area (Å²) >= 11 is 0. The molecule has 0 aromatic heterocycles. The normalized spacial score (nSPS) is 18.6. The summed E-state index contributed by atoms with van der Waals surface area (Å²) in [5.74, 6) is -0.0498. The molecular formula is C27H37N3O4. The molecule has 1 unspecified atom stereocenters. The summed E-state index contributed by atoms with van der Waals surface area (Å²) in [6.07, 6.45) is 0.356. The van der Waals surface area contributed by atoms with E-state index in [1.807, 2.05) is 62.4 Å². The molecule has 7 nitrogen and oxygen atoms in total. The molecule has 0 heterocycles. The van der Waals surface area contributed by atoms with Gasteiger partial charge in [0.05, 0.1) is 18.8 Å². The van der Waals surface area contributed by atoms with Gasteiger partial charge in [0.15, 0.2) is 5.78 Å². The summed E-state index contributed by atoms with van der Waals surface area (Å²) in [6, 6.07) is 15.1. The van der Waals surface area contributed by atoms with E-state index in [0.717, 1.165) is 16.8 Å². The Morgan fingerprint density at radius 3 is 2.62 bits per heavy atom. The second kappa shape index (κ2) is 11.6. The highest BCUT2D eigenvalue weighted by atomic mass is 16.5. The number of anilines is 1. The van der Waals surface area contributed by atoms with E-state index in [9.17, 15) is 14.7 Å². The van der Waals surface area contributed by atoms with Gasteiger partial charge >= 0.3 is 0 Å². The summed E-state index contributed by atoms with van der Waals surface area (Å²) in [5.41, 5.74) is 3.10. The largest absolute Gasteiger partial charge is 0.390 e. The van der Waals surface area contributed by atoms with E-state index in [2.05, 4.69) is 16.0 Å². The smallest absolute Gasteiger partial charge is 0.217 e. The fourth-order valence-corrected chi connectivity index (χ4v) is 4.54. The molecule has 0 spiro atoms. The first kappa shape index (κ1) is 25.9. The minimum absolute atomic E-state index is 0.101. The number of fused-ring (bicyclic) bond motifs is 1. The number of methoxy groups -OCH3 is 1. The van der Waals surface area contributed by atoms with Crippen LogP contribution in [0.3, 0.4) is 0 Å². The van der Waals surface area contributed by atoms with Crippen molar-refractivity contribution in [3.8, 4) is 0 Å². The summed E-state index contributed by atoms with van der Waals surface area (Å²) in [6.45, 7) is 6.93. The molecule has 1 aliphatic carbocycles. The van der Waals surface area contributed by atoms with Gasteiger partial charge in [0.25, 0.3) is 0 Å². The Kier molecular flexibility index (Phi) is 8.83. The van der Waals surface area contributed by atoms with Crippen LogP contribution in [0.2, 0.25) is 0 Å². The number of nitrogens with one attached hydrogen (secondary N) is 3. The monoisotopic (exact) mass is 467 g/mol. The Hall–Kier alpha value is -2.74. The van der Waals surface area contributed by atoms with Crippen LogP contribution >= 0.6 is 0 Å². The number of hydrogen-bond donors (Lipinski definition) is 4. The summed E-state index contributed by atoms with van der Waals surface area (Å²) in [4.78, 5) is 24.9. The zero-order valence-electron chi connectivity index (χ0n) is 20.6. The van der Waals surface area contributed by atoms with Crippen LogP contribution < -0.4 is 16.0 Å². The zero-order chi connectivity index (χ0) is 24.7. The lowest BCUT2D eigenvalue weighted by Gasteiger charge is -2.37. The van der Waals surface area contributed by atoms with Crippen LogP contribution in [0.4, 0.5) is 5.69 Å². The molecule has 2 aromatic carbocycles. The first-order valence-electron chi connectivity index (χ1n) is 11.9. The molecule has 4 N–H and O–H groups in total. The van der Waals surface area contributed by atoms with Crippen molar-refractivity contribution >= 4 is 17.4 Å². The summed E-state index contributed by atoms with van der Waals surface area (Å²) in [5, 5.41) is 20.7. The maximum Gasteiger partial charge on any atom is 0.217 e. The van der Waals surface area contributed by atoms with Crippen LogP contribution in [0.1, 0.15) is 54.7 Å². The van der Waals surface area contributed by atoms with Crippen LogP contribution in [0.15, 0.2) is 48.5 Å². The highest BCUT2D eigenvalue weighted by Gasteiger charge is 2.39. The third-order valence-corrected chi connectivity index (χ3v) is 6.36. The van der Waals surface area contributed by atoms with Crippen molar-refractivity contribution in [3.63, 3.8) is 0 Å². The number of aliphatic hydroxyl groups excluding tert-OH is 1. The molecule has 0 saturated heterocycles. The minimum Gasteiger partial charge on any atom is -0.390 e. The van der Waals surface area contributed by atoms with Crippen molar-refractivity contribution in [2.24, 2.45) is 5.41 Å². The second-order valence-electron chi connectivity index (χ2n) is 9.66. The van der Waals surface area contributed by atoms with E-state index in [1.54, 1.807) is 7.11 Å². The fraction of sp³-hybridized carbons (Fsp3) is 0.481. The molecular weight excluding hydrogens is 430 g/mol. The maximum absolute atomic E-state index is 13.1. The summed E-state index contributed by atoms with van der Waals surface area (Å²) in [7, 11) is 1.66. The van der Waals surface area contributed by atoms with Crippen molar-refractivity contribution in [1.82, 2.24) is 10.6 Å². The number of carbonyl (C=O) groups excluding carboxylic acids is 2. The third-order valence-electron chi connectivity index (χ3n) is 6.36. The van der Waals surface area contributed by atoms with Crippen molar-refractivity contribution in [3.05, 3.63) is 65.2 Å². The van der Waals surface area contributed by atoms with Gasteiger partial charge in [0, 0.05) is 49.8 Å². The van der Waals surface area contributed by atoms with Crippen LogP contribution in [-0.4, -0.2) is 55.7 Å². The number of rotatable bonds is 11. The lowest BCUT2D eigenvalue weighted by atomic mass is 9.71. The number of ketones is 1. The maximum atomic E-state index is 13.1. The number of carbonyl (C=O) groups is 2. The molecule has 0 aliphatic heterocycles. The number of Topliss-reactive ketones (excluding diaryl/α,β-unsaturated/α-hetero) is 1. The molecule has 184 valence electrons. The molecule has 7 heteroatoms. The summed E-state index contributed by atoms with van der Waals surface area (Å²) < 4.78 is 5.11. The molecule has 0 radical (unpaired) electrons. The predicted molar refractivity (Wildman–Crippen MR) is 134 cm³/mol. The van der Waals surface area contributed by atoms with E-state index in [1.165, 1.54) is 6.92 Å². The molecule has 0 saturated carbocycles. The first-order valence-corrected chi connectivity index (χ1v) is 11.9. The molecule has 2 aromatic rings. The van der Waals surface area contributed by atoms with Crippen LogP contribution in [0, 0.1) is 5.41 Å². The van der Waals surface area contributed by atoms with Gasteiger partial charge in [0.2, 0.25) is 5.91 Å². The molecule has 1 amide bonds. The van der Waals surface area contributed by atoms with E-state index < -0.39 is 17.6 Å². The Balaban J connectivity index is 1.76. The Morgan fingerprint density at radius 1 is 1.21 bits per heavy atom. The van der Waals surface area contributed by atoms with Gasteiger partial charge in [-0.2, -0.15) is 0 Å². The van der Waals surface area contributed by atoms with E-state index >= 15 is 0 Å². The van der Waals surface area contributed by atoms with Gasteiger partial charge < -0.3 is 25.8 Å². The molecule has 0 fully saturated rings. The van der Waals surface area contributed by atoms with Crippen molar-refractivity contribution < 1.29 is 19.4 Å². The van der Waals surface area contributed by atoms with Gasteiger partial charge in [-0.3, -0.25) is 9.59 Å². The first-order chi connectivity index (χ1) is 16.2. The molecule has 1 aliphatic rings. The number of aliphatic hydroxyl groups is 1. The van der Waals surface area contributed by atoms with E-state index in [4.69, 9.17) is 4.74 Å². The number of benzene rings is 2. The lowest BCUT2D eigenvalue weighted by molar-refractivity contribution is -0.120. The Morgan fingerprint density at radius 2 is 1.94 bits per heavy atom. The van der Waals surface area contributed by atoms with E-state index in [-0.39, 0.29) is 24.3 Å².